The molecule has 3 N–H and O–H groups in total. The standard InChI is InChI=1S/C16H23NO3.C2HF3O2/c1-2-19-16(18)11-13-5-4-12-10-14(6-7-15(12)13)20-9-3-8-17;3-2(4,5)1(6)7/h6-7,10,13H,2-5,8-9,11,17H2,1H3;(H,6,7)/t13-;/m0./s1. The van der Waals surface area contributed by atoms with Crippen molar-refractivity contribution < 1.29 is 37.3 Å². The van der Waals surface area contributed by atoms with E-state index in [0.29, 0.717) is 32.1 Å². The SMILES string of the molecule is CCOC(=O)C[C@@H]1CCc2cc(OCCCN)ccc21.O=C(O)C(F)(F)F. The normalized spacial score (nSPS) is 15.4. The lowest BCUT2D eigenvalue weighted by molar-refractivity contribution is -0.192. The van der Waals surface area contributed by atoms with Gasteiger partial charge in [-0.15, -0.1) is 0 Å². The summed E-state index contributed by atoms with van der Waals surface area (Å²) in [4.78, 5) is 20.5. The van der Waals surface area contributed by atoms with E-state index in [9.17, 15) is 18.0 Å². The maximum Gasteiger partial charge on any atom is 0.490 e. The summed E-state index contributed by atoms with van der Waals surface area (Å²) in [7, 11) is 0. The van der Waals surface area contributed by atoms with E-state index in [0.717, 1.165) is 25.0 Å². The summed E-state index contributed by atoms with van der Waals surface area (Å²) >= 11 is 0. The zero-order chi connectivity index (χ0) is 20.4. The summed E-state index contributed by atoms with van der Waals surface area (Å²) in [6, 6.07) is 6.17. The Bertz CT molecular complexity index is 634. The number of carboxylic acid groups (broad SMARTS) is 1. The number of ether oxygens (including phenoxy) is 2. The van der Waals surface area contributed by atoms with E-state index in [4.69, 9.17) is 25.1 Å². The molecule has 1 aromatic rings. The molecule has 0 aromatic heterocycles. The first kappa shape index (κ1) is 22.8. The number of rotatable bonds is 7. The zero-order valence-corrected chi connectivity index (χ0v) is 15.1. The Hall–Kier alpha value is -2.29. The molecule has 0 fully saturated rings. The fourth-order valence-electron chi connectivity index (χ4n) is 2.68. The van der Waals surface area contributed by atoms with Crippen LogP contribution in [0.15, 0.2) is 18.2 Å². The Kier molecular flexibility index (Phi) is 9.07. The van der Waals surface area contributed by atoms with Crippen LogP contribution in [0, 0.1) is 0 Å². The first-order valence-corrected chi connectivity index (χ1v) is 8.60. The van der Waals surface area contributed by atoms with Crippen molar-refractivity contribution in [3.8, 4) is 5.75 Å². The number of benzene rings is 1. The molecule has 1 atom stereocenters. The predicted molar refractivity (Wildman–Crippen MR) is 91.6 cm³/mol. The van der Waals surface area contributed by atoms with Crippen LogP contribution in [0.25, 0.3) is 0 Å². The average molecular weight is 391 g/mol. The van der Waals surface area contributed by atoms with Crippen molar-refractivity contribution in [2.24, 2.45) is 5.73 Å². The highest BCUT2D eigenvalue weighted by molar-refractivity contribution is 5.73. The summed E-state index contributed by atoms with van der Waals surface area (Å²) < 4.78 is 42.4. The van der Waals surface area contributed by atoms with Gasteiger partial charge in [0.2, 0.25) is 0 Å². The van der Waals surface area contributed by atoms with E-state index in [1.54, 1.807) is 0 Å². The van der Waals surface area contributed by atoms with Gasteiger partial charge in [-0.05, 0) is 61.9 Å². The summed E-state index contributed by atoms with van der Waals surface area (Å²) in [5.41, 5.74) is 8.01. The van der Waals surface area contributed by atoms with Crippen LogP contribution < -0.4 is 10.5 Å². The zero-order valence-electron chi connectivity index (χ0n) is 15.1. The number of halogens is 3. The van der Waals surface area contributed by atoms with Crippen LogP contribution in [0.3, 0.4) is 0 Å². The van der Waals surface area contributed by atoms with Crippen LogP contribution in [-0.4, -0.2) is 43.0 Å². The van der Waals surface area contributed by atoms with Crippen molar-refractivity contribution in [2.75, 3.05) is 19.8 Å². The fraction of sp³-hybridized carbons (Fsp3) is 0.556. The average Bonchev–Trinajstić information content (AvgIpc) is 2.97. The van der Waals surface area contributed by atoms with Gasteiger partial charge >= 0.3 is 18.1 Å². The number of carbonyl (C=O) groups excluding carboxylic acids is 1. The van der Waals surface area contributed by atoms with Crippen LogP contribution in [0.1, 0.15) is 43.2 Å². The highest BCUT2D eigenvalue weighted by Crippen LogP contribution is 2.37. The van der Waals surface area contributed by atoms with Crippen molar-refractivity contribution in [3.05, 3.63) is 29.3 Å². The molecule has 0 heterocycles. The number of carbonyl (C=O) groups is 2. The first-order valence-electron chi connectivity index (χ1n) is 8.60. The highest BCUT2D eigenvalue weighted by Gasteiger charge is 2.38. The number of esters is 1. The lowest BCUT2D eigenvalue weighted by Crippen LogP contribution is -2.21. The second kappa shape index (κ2) is 10.8. The molecule has 1 aliphatic rings. The van der Waals surface area contributed by atoms with Crippen molar-refractivity contribution in [2.45, 2.75) is 44.7 Å². The molecule has 0 bridgehead atoms. The summed E-state index contributed by atoms with van der Waals surface area (Å²) in [6.45, 7) is 3.59. The Morgan fingerprint density at radius 2 is 2.00 bits per heavy atom. The van der Waals surface area contributed by atoms with Crippen molar-refractivity contribution in [1.29, 1.82) is 0 Å². The lowest BCUT2D eigenvalue weighted by atomic mass is 9.98. The van der Waals surface area contributed by atoms with Gasteiger partial charge in [0.25, 0.3) is 0 Å². The van der Waals surface area contributed by atoms with Gasteiger partial charge in [0.1, 0.15) is 5.75 Å². The fourth-order valence-corrected chi connectivity index (χ4v) is 2.68. The van der Waals surface area contributed by atoms with Gasteiger partial charge in [0.15, 0.2) is 0 Å². The quantitative estimate of drug-likeness (QED) is 0.548. The maximum atomic E-state index is 11.6. The lowest BCUT2D eigenvalue weighted by Gasteiger charge is -2.12. The van der Waals surface area contributed by atoms with Crippen LogP contribution >= 0.6 is 0 Å². The molecule has 0 amide bonds. The summed E-state index contributed by atoms with van der Waals surface area (Å²) in [5.74, 6) is -1.67. The predicted octanol–water partition coefficient (Wildman–Crippen LogP) is 3.03. The molecule has 0 aliphatic heterocycles. The third-order valence-electron chi connectivity index (χ3n) is 3.89. The van der Waals surface area contributed by atoms with Gasteiger partial charge in [-0.25, -0.2) is 4.79 Å². The highest BCUT2D eigenvalue weighted by atomic mass is 19.4. The van der Waals surface area contributed by atoms with Gasteiger partial charge in [0.05, 0.1) is 19.6 Å². The Morgan fingerprint density at radius 1 is 1.33 bits per heavy atom. The third kappa shape index (κ3) is 7.86. The largest absolute Gasteiger partial charge is 0.494 e. The van der Waals surface area contributed by atoms with E-state index >= 15 is 0 Å². The van der Waals surface area contributed by atoms with Gasteiger partial charge in [-0.1, -0.05) is 6.07 Å². The molecule has 2 rings (SSSR count). The molecule has 0 saturated heterocycles. The Labute approximate surface area is 155 Å². The molecule has 1 aromatic carbocycles. The van der Waals surface area contributed by atoms with E-state index < -0.39 is 12.1 Å². The van der Waals surface area contributed by atoms with Crippen LogP contribution in [0.2, 0.25) is 0 Å². The molecule has 0 unspecified atom stereocenters. The molecular formula is C18H24F3NO5. The smallest absolute Gasteiger partial charge is 0.490 e. The van der Waals surface area contributed by atoms with Gasteiger partial charge in [0, 0.05) is 0 Å². The number of carboxylic acids is 1. The summed E-state index contributed by atoms with van der Waals surface area (Å²) in [6.07, 6.45) is -1.72. The number of fused-ring (bicyclic) bond motifs is 1. The Balaban J connectivity index is 0.000000445. The Morgan fingerprint density at radius 3 is 2.56 bits per heavy atom. The number of aliphatic carboxylic acids is 1. The van der Waals surface area contributed by atoms with Crippen LogP contribution in [0.5, 0.6) is 5.75 Å². The number of nitrogens with two attached hydrogens (primary N) is 1. The van der Waals surface area contributed by atoms with E-state index in [1.807, 2.05) is 13.0 Å². The molecule has 9 heteroatoms. The second-order valence-electron chi connectivity index (χ2n) is 5.90. The molecular weight excluding hydrogens is 367 g/mol. The molecule has 6 nitrogen and oxygen atoms in total. The number of alkyl halides is 3. The number of hydrogen-bond acceptors (Lipinski definition) is 5. The van der Waals surface area contributed by atoms with Gasteiger partial charge in [-0.2, -0.15) is 13.2 Å². The minimum atomic E-state index is -5.08. The van der Waals surface area contributed by atoms with Gasteiger partial charge < -0.3 is 20.3 Å². The second-order valence-corrected chi connectivity index (χ2v) is 5.90. The monoisotopic (exact) mass is 391 g/mol. The molecule has 152 valence electrons. The van der Waals surface area contributed by atoms with Gasteiger partial charge in [-0.3, -0.25) is 4.79 Å². The third-order valence-corrected chi connectivity index (χ3v) is 3.89. The topological polar surface area (TPSA) is 98.9 Å². The number of aryl methyl sites for hydroxylation is 1. The van der Waals surface area contributed by atoms with E-state index in [2.05, 4.69) is 12.1 Å². The van der Waals surface area contributed by atoms with Crippen molar-refractivity contribution in [1.82, 2.24) is 0 Å². The molecule has 1 aliphatic carbocycles. The van der Waals surface area contributed by atoms with Crippen molar-refractivity contribution in [3.63, 3.8) is 0 Å². The first-order chi connectivity index (χ1) is 12.7. The van der Waals surface area contributed by atoms with E-state index in [1.165, 1.54) is 11.1 Å². The summed E-state index contributed by atoms with van der Waals surface area (Å²) in [5, 5.41) is 7.12. The maximum absolute atomic E-state index is 11.6. The minimum Gasteiger partial charge on any atom is -0.494 e. The molecule has 0 spiro atoms. The minimum absolute atomic E-state index is 0.103. The van der Waals surface area contributed by atoms with Crippen LogP contribution in [0.4, 0.5) is 13.2 Å². The molecule has 0 radical (unpaired) electrons. The number of hydrogen-bond donors (Lipinski definition) is 2. The van der Waals surface area contributed by atoms with E-state index in [-0.39, 0.29) is 5.97 Å². The molecule has 27 heavy (non-hydrogen) atoms. The molecule has 0 saturated carbocycles. The van der Waals surface area contributed by atoms with Crippen molar-refractivity contribution >= 4 is 11.9 Å². The van der Waals surface area contributed by atoms with Crippen LogP contribution in [-0.2, 0) is 20.7 Å².